The van der Waals surface area contributed by atoms with Gasteiger partial charge in [-0.1, -0.05) is 25.4 Å². The van der Waals surface area contributed by atoms with Crippen LogP contribution in [0.15, 0.2) is 61.3 Å². The fourth-order valence-electron chi connectivity index (χ4n) is 2.58. The normalized spacial score (nSPS) is 13.5. The van der Waals surface area contributed by atoms with Gasteiger partial charge in [0.2, 0.25) is 0 Å². The minimum absolute atomic E-state index is 0.117. The third-order valence-corrected chi connectivity index (χ3v) is 4.26. The fraction of sp³-hybridized carbons (Fsp3) is 0.211. The summed E-state index contributed by atoms with van der Waals surface area (Å²) in [6, 6.07) is 10.6. The molecule has 6 heteroatoms. The molecule has 0 aliphatic carbocycles. The largest absolute Gasteiger partial charge is 0.456 e. The number of rotatable bonds is 5. The van der Waals surface area contributed by atoms with E-state index in [2.05, 4.69) is 15.0 Å². The zero-order valence-electron chi connectivity index (χ0n) is 13.9. The predicted molar refractivity (Wildman–Crippen MR) is 95.6 cm³/mol. The van der Waals surface area contributed by atoms with Crippen LogP contribution in [0, 0.1) is 5.92 Å². The van der Waals surface area contributed by atoms with Gasteiger partial charge in [0, 0.05) is 23.0 Å². The molecule has 2 heterocycles. The van der Waals surface area contributed by atoms with Gasteiger partial charge in [-0.25, -0.2) is 9.97 Å². The number of pyridine rings is 1. The molecule has 0 spiro atoms. The zero-order chi connectivity index (χ0) is 17.9. The minimum Gasteiger partial charge on any atom is -0.456 e. The average Bonchev–Trinajstić information content (AvgIpc) is 2.64. The molecule has 3 aromatic rings. The van der Waals surface area contributed by atoms with Gasteiger partial charge in [-0.3, -0.25) is 4.98 Å². The highest BCUT2D eigenvalue weighted by molar-refractivity contribution is 6.30. The maximum atomic E-state index is 11.2. The van der Waals surface area contributed by atoms with E-state index in [0.29, 0.717) is 27.8 Å². The van der Waals surface area contributed by atoms with Gasteiger partial charge in [0.25, 0.3) is 0 Å². The molecule has 0 aliphatic rings. The number of aliphatic hydroxyl groups is 1. The van der Waals surface area contributed by atoms with E-state index < -0.39 is 5.60 Å². The first-order valence-corrected chi connectivity index (χ1v) is 8.25. The molecule has 0 saturated heterocycles. The smallest absolute Gasteiger partial charge is 0.145 e. The van der Waals surface area contributed by atoms with E-state index in [4.69, 9.17) is 16.3 Å². The van der Waals surface area contributed by atoms with Crippen LogP contribution in [0.3, 0.4) is 0 Å². The van der Waals surface area contributed by atoms with Crippen molar-refractivity contribution in [3.8, 4) is 11.5 Å². The van der Waals surface area contributed by atoms with Crippen LogP contribution in [-0.4, -0.2) is 20.1 Å². The lowest BCUT2D eigenvalue weighted by molar-refractivity contribution is 0.0268. The topological polar surface area (TPSA) is 68.1 Å². The third-order valence-electron chi connectivity index (χ3n) is 4.01. The lowest BCUT2D eigenvalue weighted by Crippen LogP contribution is -2.34. The maximum Gasteiger partial charge on any atom is 0.145 e. The van der Waals surface area contributed by atoms with Gasteiger partial charge in [-0.15, -0.1) is 0 Å². The molecule has 1 atom stereocenters. The molecule has 1 aromatic carbocycles. The van der Waals surface area contributed by atoms with Gasteiger partial charge < -0.3 is 9.84 Å². The van der Waals surface area contributed by atoms with Crippen LogP contribution < -0.4 is 4.74 Å². The van der Waals surface area contributed by atoms with Gasteiger partial charge in [-0.2, -0.15) is 0 Å². The number of halogens is 1. The Morgan fingerprint density at radius 1 is 0.960 bits per heavy atom. The van der Waals surface area contributed by atoms with E-state index in [-0.39, 0.29) is 5.92 Å². The van der Waals surface area contributed by atoms with Crippen LogP contribution in [0.25, 0.3) is 0 Å². The molecule has 0 saturated carbocycles. The second-order valence-electron chi connectivity index (χ2n) is 5.98. The Morgan fingerprint density at radius 2 is 1.60 bits per heavy atom. The molecule has 5 nitrogen and oxygen atoms in total. The van der Waals surface area contributed by atoms with Crippen molar-refractivity contribution < 1.29 is 9.84 Å². The fourth-order valence-corrected chi connectivity index (χ4v) is 2.70. The molecule has 25 heavy (non-hydrogen) atoms. The van der Waals surface area contributed by atoms with Gasteiger partial charge in [0.05, 0.1) is 11.9 Å². The minimum atomic E-state index is -1.28. The maximum absolute atomic E-state index is 11.2. The summed E-state index contributed by atoms with van der Waals surface area (Å²) in [7, 11) is 0. The Kier molecular flexibility index (Phi) is 4.97. The van der Waals surface area contributed by atoms with Crippen LogP contribution in [0.1, 0.15) is 25.1 Å². The van der Waals surface area contributed by atoms with Crippen molar-refractivity contribution in [1.29, 1.82) is 0 Å². The molecule has 1 unspecified atom stereocenters. The molecule has 1 N–H and O–H groups in total. The highest BCUT2D eigenvalue weighted by Gasteiger charge is 2.37. The van der Waals surface area contributed by atoms with Crippen LogP contribution in [0.2, 0.25) is 5.02 Å². The highest BCUT2D eigenvalue weighted by atomic mass is 35.5. The summed E-state index contributed by atoms with van der Waals surface area (Å²) in [5, 5.41) is 11.9. The third kappa shape index (κ3) is 3.62. The Labute approximate surface area is 151 Å². The molecule has 2 aromatic heterocycles. The van der Waals surface area contributed by atoms with Crippen molar-refractivity contribution in [2.45, 2.75) is 19.4 Å². The first-order chi connectivity index (χ1) is 12.0. The van der Waals surface area contributed by atoms with Crippen LogP contribution >= 0.6 is 11.6 Å². The molecular formula is C19H18ClN3O2. The quantitative estimate of drug-likeness (QED) is 0.742. The van der Waals surface area contributed by atoms with Crippen LogP contribution in [-0.2, 0) is 5.60 Å². The molecule has 0 fully saturated rings. The van der Waals surface area contributed by atoms with Gasteiger partial charge >= 0.3 is 0 Å². The first-order valence-electron chi connectivity index (χ1n) is 7.88. The van der Waals surface area contributed by atoms with E-state index in [1.54, 1.807) is 55.0 Å². The number of ether oxygens (including phenoxy) is 1. The van der Waals surface area contributed by atoms with Crippen molar-refractivity contribution in [3.63, 3.8) is 0 Å². The Balaban J connectivity index is 1.88. The van der Waals surface area contributed by atoms with Gasteiger partial charge in [0.15, 0.2) is 0 Å². The molecule has 0 aliphatic heterocycles. The second-order valence-corrected chi connectivity index (χ2v) is 6.42. The highest BCUT2D eigenvalue weighted by Crippen LogP contribution is 2.35. The Bertz CT molecular complexity index is 824. The molecule has 3 rings (SSSR count). The van der Waals surface area contributed by atoms with Crippen molar-refractivity contribution in [2.24, 2.45) is 5.92 Å². The van der Waals surface area contributed by atoms with Crippen molar-refractivity contribution in [3.05, 3.63) is 77.6 Å². The van der Waals surface area contributed by atoms with Crippen molar-refractivity contribution >= 4 is 11.6 Å². The molecule has 0 radical (unpaired) electrons. The number of hydrogen-bond donors (Lipinski definition) is 1. The summed E-state index contributed by atoms with van der Waals surface area (Å²) >= 11 is 5.87. The number of benzene rings is 1. The Morgan fingerprint density at radius 3 is 2.16 bits per heavy atom. The van der Waals surface area contributed by atoms with E-state index >= 15 is 0 Å². The van der Waals surface area contributed by atoms with Gasteiger partial charge in [0.1, 0.15) is 23.4 Å². The summed E-state index contributed by atoms with van der Waals surface area (Å²) in [4.78, 5) is 12.4. The van der Waals surface area contributed by atoms with E-state index in [0.717, 1.165) is 0 Å². The molecule has 0 amide bonds. The average molecular weight is 356 g/mol. The van der Waals surface area contributed by atoms with E-state index in [1.165, 1.54) is 6.33 Å². The van der Waals surface area contributed by atoms with E-state index in [9.17, 15) is 5.11 Å². The summed E-state index contributed by atoms with van der Waals surface area (Å²) in [5.41, 5.74) is -0.162. The van der Waals surface area contributed by atoms with Crippen molar-refractivity contribution in [1.82, 2.24) is 15.0 Å². The summed E-state index contributed by atoms with van der Waals surface area (Å²) in [6.45, 7) is 3.85. The van der Waals surface area contributed by atoms with Gasteiger partial charge in [-0.05, 0) is 42.3 Å². The summed E-state index contributed by atoms with van der Waals surface area (Å²) in [5.74, 6) is 1.12. The molecular weight excluding hydrogens is 338 g/mol. The molecule has 128 valence electrons. The van der Waals surface area contributed by atoms with Crippen molar-refractivity contribution in [2.75, 3.05) is 0 Å². The number of hydrogen-bond acceptors (Lipinski definition) is 5. The van der Waals surface area contributed by atoms with E-state index in [1.807, 2.05) is 13.8 Å². The summed E-state index contributed by atoms with van der Waals surface area (Å²) in [6.07, 6.45) is 6.22. The molecule has 0 bridgehead atoms. The lowest BCUT2D eigenvalue weighted by atomic mass is 9.81. The first kappa shape index (κ1) is 17.3. The zero-order valence-corrected chi connectivity index (χ0v) is 14.7. The van der Waals surface area contributed by atoms with Crippen LogP contribution in [0.4, 0.5) is 0 Å². The van der Waals surface area contributed by atoms with Crippen LogP contribution in [0.5, 0.6) is 11.5 Å². The second kappa shape index (κ2) is 7.17. The number of nitrogens with zero attached hydrogens (tertiary/aromatic N) is 3. The summed E-state index contributed by atoms with van der Waals surface area (Å²) < 4.78 is 5.74. The predicted octanol–water partition coefficient (Wildman–Crippen LogP) is 4.21. The SMILES string of the molecule is CC(C)C(O)(c1cncnc1)c1ccc(Oc2ccc(Cl)cc2)cn1. The lowest BCUT2D eigenvalue weighted by Gasteiger charge is -2.31. The standard InChI is InChI=1S/C19H18ClN3O2/c1-13(2)19(24,14-9-21-12-22-10-14)18-8-7-17(11-23-18)25-16-5-3-15(20)4-6-16/h3-13,24H,1-2H3. The monoisotopic (exact) mass is 355 g/mol. The number of aromatic nitrogens is 3. The Hall–Kier alpha value is -2.50.